The molecule has 9 nitrogen and oxygen atoms in total. The van der Waals surface area contributed by atoms with Crippen molar-refractivity contribution >= 4 is 23.5 Å². The molecule has 0 fully saturated rings. The van der Waals surface area contributed by atoms with E-state index in [0.717, 1.165) is 12.8 Å². The molecule has 196 valence electrons. The van der Waals surface area contributed by atoms with Gasteiger partial charge in [-0.15, -0.1) is 0 Å². The Morgan fingerprint density at radius 3 is 2.66 bits per heavy atom. The van der Waals surface area contributed by atoms with Gasteiger partial charge in [0.15, 0.2) is 0 Å². The number of nitrogens with one attached hydrogen (secondary N) is 1. The molecule has 9 heteroatoms. The van der Waals surface area contributed by atoms with Crippen LogP contribution in [-0.4, -0.2) is 61.3 Å². The maximum absolute atomic E-state index is 13.3. The fourth-order valence-corrected chi connectivity index (χ4v) is 4.28. The van der Waals surface area contributed by atoms with Crippen molar-refractivity contribution in [3.05, 3.63) is 24.3 Å². The first-order valence-electron chi connectivity index (χ1n) is 12.3. The number of esters is 1. The molecule has 0 aromatic heterocycles. The average Bonchev–Trinajstić information content (AvgIpc) is 2.81. The van der Waals surface area contributed by atoms with Gasteiger partial charge in [0.1, 0.15) is 5.75 Å². The SMILES string of the molecule is CCCCNC(=O)[C@H](C)C[C@H](O)[C@@H](N)CC(C)(C)CC(=O)N1CC(C(=O)OC)Oc2ccccc21. The van der Waals surface area contributed by atoms with Gasteiger partial charge < -0.3 is 30.5 Å². The summed E-state index contributed by atoms with van der Waals surface area (Å²) >= 11 is 0. The zero-order valence-electron chi connectivity index (χ0n) is 21.6. The Bertz CT molecular complexity index is 874. The van der Waals surface area contributed by atoms with E-state index in [9.17, 15) is 19.5 Å². The van der Waals surface area contributed by atoms with Crippen molar-refractivity contribution in [3.63, 3.8) is 0 Å². The molecule has 1 aliphatic heterocycles. The van der Waals surface area contributed by atoms with Gasteiger partial charge in [-0.25, -0.2) is 4.79 Å². The lowest BCUT2D eigenvalue weighted by molar-refractivity contribution is -0.148. The number of carbonyl (C=O) groups excluding carboxylic acids is 3. The summed E-state index contributed by atoms with van der Waals surface area (Å²) in [6.45, 7) is 8.35. The number of rotatable bonds is 12. The molecule has 2 rings (SSSR count). The number of hydrogen-bond acceptors (Lipinski definition) is 7. The maximum atomic E-state index is 13.3. The van der Waals surface area contributed by atoms with Crippen LogP contribution >= 0.6 is 0 Å². The number of aliphatic hydroxyl groups excluding tert-OH is 1. The monoisotopic (exact) mass is 491 g/mol. The van der Waals surface area contributed by atoms with E-state index < -0.39 is 29.6 Å². The van der Waals surface area contributed by atoms with Gasteiger partial charge in [0.05, 0.1) is 25.4 Å². The highest BCUT2D eigenvalue weighted by atomic mass is 16.6. The molecular formula is C26H41N3O6. The predicted octanol–water partition coefficient (Wildman–Crippen LogP) is 2.39. The molecule has 1 heterocycles. The first-order chi connectivity index (χ1) is 16.5. The minimum atomic E-state index is -0.906. The Hall–Kier alpha value is -2.65. The summed E-state index contributed by atoms with van der Waals surface area (Å²) in [7, 11) is 1.28. The summed E-state index contributed by atoms with van der Waals surface area (Å²) in [5.41, 5.74) is 6.36. The van der Waals surface area contributed by atoms with E-state index in [2.05, 4.69) is 12.2 Å². The summed E-state index contributed by atoms with van der Waals surface area (Å²) in [4.78, 5) is 39.2. The first-order valence-corrected chi connectivity index (χ1v) is 12.3. The Balaban J connectivity index is 1.99. The zero-order valence-corrected chi connectivity index (χ0v) is 21.6. The van der Waals surface area contributed by atoms with Crippen molar-refractivity contribution < 1.29 is 29.0 Å². The second-order valence-electron chi connectivity index (χ2n) is 10.2. The summed E-state index contributed by atoms with van der Waals surface area (Å²) < 4.78 is 10.5. The number of carbonyl (C=O) groups is 3. The van der Waals surface area contributed by atoms with E-state index in [1.807, 2.05) is 13.8 Å². The van der Waals surface area contributed by atoms with Crippen molar-refractivity contribution in [1.29, 1.82) is 0 Å². The normalized spacial score (nSPS) is 18.0. The van der Waals surface area contributed by atoms with E-state index in [-0.39, 0.29) is 37.1 Å². The third-order valence-corrected chi connectivity index (χ3v) is 6.32. The fourth-order valence-electron chi connectivity index (χ4n) is 4.28. The zero-order chi connectivity index (χ0) is 26.2. The van der Waals surface area contributed by atoms with Crippen molar-refractivity contribution in [2.75, 3.05) is 25.1 Å². The molecule has 0 saturated heterocycles. The van der Waals surface area contributed by atoms with Gasteiger partial charge >= 0.3 is 5.97 Å². The van der Waals surface area contributed by atoms with Gasteiger partial charge in [-0.1, -0.05) is 46.2 Å². The molecule has 0 radical (unpaired) electrons. The van der Waals surface area contributed by atoms with Crippen molar-refractivity contribution in [3.8, 4) is 5.75 Å². The van der Waals surface area contributed by atoms with Crippen molar-refractivity contribution in [2.24, 2.45) is 17.1 Å². The third kappa shape index (κ3) is 8.21. The van der Waals surface area contributed by atoms with E-state index in [1.54, 1.807) is 36.1 Å². The Kier molecular flexibility index (Phi) is 10.5. The summed E-state index contributed by atoms with van der Waals surface area (Å²) in [5, 5.41) is 13.5. The Morgan fingerprint density at radius 2 is 2.00 bits per heavy atom. The number of hydrogen-bond donors (Lipinski definition) is 3. The number of methoxy groups -OCH3 is 1. The second-order valence-corrected chi connectivity index (χ2v) is 10.2. The molecular weight excluding hydrogens is 450 g/mol. The summed E-state index contributed by atoms with van der Waals surface area (Å²) in [5.74, 6) is -0.735. The van der Waals surface area contributed by atoms with Gasteiger partial charge in [0, 0.05) is 24.9 Å². The number of amides is 2. The standard InChI is InChI=1S/C26H41N3O6/c1-6-7-12-28-24(32)17(2)13-20(30)18(27)14-26(3,4)15-23(31)29-16-22(25(33)34-5)35-21-11-9-8-10-19(21)29/h8-11,17-18,20,22,30H,6-7,12-16,27H2,1-5H3,(H,28,32)/t17-,18+,20+,22?/m1/s1. The highest BCUT2D eigenvalue weighted by Gasteiger charge is 2.37. The second kappa shape index (κ2) is 12.9. The van der Waals surface area contributed by atoms with Crippen LogP contribution in [0.2, 0.25) is 0 Å². The smallest absolute Gasteiger partial charge is 0.348 e. The quantitative estimate of drug-likeness (QED) is 0.302. The van der Waals surface area contributed by atoms with E-state index in [4.69, 9.17) is 15.2 Å². The molecule has 4 N–H and O–H groups in total. The molecule has 2 amide bonds. The first kappa shape index (κ1) is 28.6. The molecule has 1 unspecified atom stereocenters. The number of ether oxygens (including phenoxy) is 2. The Labute approximate surface area is 208 Å². The van der Waals surface area contributed by atoms with Crippen LogP contribution in [0, 0.1) is 11.3 Å². The number of nitrogens with zero attached hydrogens (tertiary/aromatic N) is 1. The topological polar surface area (TPSA) is 131 Å². The molecule has 0 spiro atoms. The predicted molar refractivity (Wildman–Crippen MR) is 134 cm³/mol. The highest BCUT2D eigenvalue weighted by molar-refractivity contribution is 5.97. The number of nitrogens with two attached hydrogens (primary N) is 1. The van der Waals surface area contributed by atoms with Gasteiger partial charge in [0.2, 0.25) is 17.9 Å². The van der Waals surface area contributed by atoms with Crippen molar-refractivity contribution in [1.82, 2.24) is 5.32 Å². The van der Waals surface area contributed by atoms with Crippen LogP contribution in [0.3, 0.4) is 0 Å². The van der Waals surface area contributed by atoms with Crippen LogP contribution in [-0.2, 0) is 19.1 Å². The van der Waals surface area contributed by atoms with Crippen LogP contribution in [0.1, 0.15) is 59.8 Å². The van der Waals surface area contributed by atoms with E-state index in [0.29, 0.717) is 24.4 Å². The summed E-state index contributed by atoms with van der Waals surface area (Å²) in [6.07, 6.45) is 0.923. The lowest BCUT2D eigenvalue weighted by Gasteiger charge is -2.36. The molecule has 1 aromatic carbocycles. The number of anilines is 1. The van der Waals surface area contributed by atoms with Gasteiger partial charge in [-0.2, -0.15) is 0 Å². The minimum absolute atomic E-state index is 0.0535. The summed E-state index contributed by atoms with van der Waals surface area (Å²) in [6, 6.07) is 6.47. The molecule has 1 aromatic rings. The van der Waals surface area contributed by atoms with E-state index in [1.165, 1.54) is 7.11 Å². The maximum Gasteiger partial charge on any atom is 0.348 e. The molecule has 0 aliphatic carbocycles. The van der Waals surface area contributed by atoms with Gasteiger partial charge in [0.25, 0.3) is 0 Å². The molecule has 35 heavy (non-hydrogen) atoms. The van der Waals surface area contributed by atoms with E-state index >= 15 is 0 Å². The number of fused-ring (bicyclic) bond motifs is 1. The van der Waals surface area contributed by atoms with Gasteiger partial charge in [-0.3, -0.25) is 9.59 Å². The number of unbranched alkanes of at least 4 members (excludes halogenated alkanes) is 1. The van der Waals surface area contributed by atoms with Crippen LogP contribution in [0.25, 0.3) is 0 Å². The largest absolute Gasteiger partial charge is 0.475 e. The molecule has 1 aliphatic rings. The van der Waals surface area contributed by atoms with Crippen LogP contribution in [0.15, 0.2) is 24.3 Å². The highest BCUT2D eigenvalue weighted by Crippen LogP contribution is 2.36. The third-order valence-electron chi connectivity index (χ3n) is 6.32. The average molecular weight is 492 g/mol. The number of para-hydroxylation sites is 2. The fraction of sp³-hybridized carbons (Fsp3) is 0.654. The number of benzene rings is 1. The minimum Gasteiger partial charge on any atom is -0.475 e. The Morgan fingerprint density at radius 1 is 1.31 bits per heavy atom. The van der Waals surface area contributed by atoms with Crippen molar-refractivity contribution in [2.45, 2.75) is 78.0 Å². The lowest BCUT2D eigenvalue weighted by atomic mass is 9.80. The van der Waals surface area contributed by atoms with Gasteiger partial charge in [-0.05, 0) is 36.8 Å². The van der Waals surface area contributed by atoms with Crippen LogP contribution < -0.4 is 20.7 Å². The molecule has 0 bridgehead atoms. The molecule has 4 atom stereocenters. The van der Waals surface area contributed by atoms with Crippen LogP contribution in [0.5, 0.6) is 5.75 Å². The molecule has 0 saturated carbocycles. The lowest BCUT2D eigenvalue weighted by Crippen LogP contribution is -2.49. The number of aliphatic hydroxyl groups is 1. The van der Waals surface area contributed by atoms with Crippen LogP contribution in [0.4, 0.5) is 5.69 Å².